The third-order valence-corrected chi connectivity index (χ3v) is 2.54. The van der Waals surface area contributed by atoms with E-state index in [0.717, 1.165) is 5.56 Å². The zero-order valence-corrected chi connectivity index (χ0v) is 9.79. The van der Waals surface area contributed by atoms with Gasteiger partial charge in [-0.15, -0.1) is 0 Å². The lowest BCUT2D eigenvalue weighted by molar-refractivity contribution is 0.0600. The molecule has 0 aliphatic heterocycles. The van der Waals surface area contributed by atoms with Crippen LogP contribution in [-0.2, 0) is 4.74 Å². The molecule has 0 aliphatic rings. The molecule has 0 amide bonds. The summed E-state index contributed by atoms with van der Waals surface area (Å²) >= 11 is 0. The summed E-state index contributed by atoms with van der Waals surface area (Å²) < 4.78 is 4.66. The molecule has 18 heavy (non-hydrogen) atoms. The van der Waals surface area contributed by atoms with Gasteiger partial charge in [0.15, 0.2) is 6.29 Å². The number of nitrogens with zero attached hydrogens (tertiary/aromatic N) is 1. The van der Waals surface area contributed by atoms with Gasteiger partial charge in [-0.25, -0.2) is 4.79 Å². The van der Waals surface area contributed by atoms with Gasteiger partial charge in [0.2, 0.25) is 0 Å². The first-order chi connectivity index (χ1) is 8.76. The van der Waals surface area contributed by atoms with E-state index in [1.807, 2.05) is 6.07 Å². The van der Waals surface area contributed by atoms with Gasteiger partial charge in [0, 0.05) is 11.8 Å². The Morgan fingerprint density at radius 2 is 2.11 bits per heavy atom. The van der Waals surface area contributed by atoms with Gasteiger partial charge >= 0.3 is 5.97 Å². The van der Waals surface area contributed by atoms with Crippen LogP contribution >= 0.6 is 0 Å². The van der Waals surface area contributed by atoms with E-state index in [2.05, 4.69) is 9.72 Å². The van der Waals surface area contributed by atoms with Crippen LogP contribution < -0.4 is 0 Å². The van der Waals surface area contributed by atoms with Crippen molar-refractivity contribution in [2.24, 2.45) is 0 Å². The molecule has 0 unspecified atom stereocenters. The Morgan fingerprint density at radius 1 is 1.28 bits per heavy atom. The zero-order valence-electron chi connectivity index (χ0n) is 9.79. The van der Waals surface area contributed by atoms with Gasteiger partial charge in [-0.1, -0.05) is 18.2 Å². The number of hydrogen-bond acceptors (Lipinski definition) is 4. The number of carbonyl (C=O) groups is 2. The van der Waals surface area contributed by atoms with Crippen molar-refractivity contribution >= 4 is 12.3 Å². The predicted molar refractivity (Wildman–Crippen MR) is 66.4 cm³/mol. The topological polar surface area (TPSA) is 56.3 Å². The van der Waals surface area contributed by atoms with Crippen molar-refractivity contribution in [3.05, 3.63) is 53.9 Å². The Kier molecular flexibility index (Phi) is 3.48. The maximum absolute atomic E-state index is 11.4. The van der Waals surface area contributed by atoms with Crippen molar-refractivity contribution in [1.82, 2.24) is 4.98 Å². The highest BCUT2D eigenvalue weighted by Gasteiger charge is 2.09. The van der Waals surface area contributed by atoms with Crippen molar-refractivity contribution in [3.63, 3.8) is 0 Å². The minimum Gasteiger partial charge on any atom is -0.465 e. The van der Waals surface area contributed by atoms with Crippen molar-refractivity contribution in [2.75, 3.05) is 7.11 Å². The van der Waals surface area contributed by atoms with E-state index < -0.39 is 5.97 Å². The first-order valence-electron chi connectivity index (χ1n) is 5.35. The lowest BCUT2D eigenvalue weighted by atomic mass is 10.0. The summed E-state index contributed by atoms with van der Waals surface area (Å²) in [5, 5.41) is 0. The molecule has 0 N–H and O–H groups in total. The Labute approximate surface area is 104 Å². The van der Waals surface area contributed by atoms with Gasteiger partial charge < -0.3 is 4.74 Å². The monoisotopic (exact) mass is 241 g/mol. The lowest BCUT2D eigenvalue weighted by Gasteiger charge is -2.05. The molecule has 4 nitrogen and oxygen atoms in total. The first kappa shape index (κ1) is 12.0. The molecule has 0 fully saturated rings. The lowest BCUT2D eigenvalue weighted by Crippen LogP contribution is -2.01. The normalized spacial score (nSPS) is 9.83. The maximum Gasteiger partial charge on any atom is 0.337 e. The fourth-order valence-corrected chi connectivity index (χ4v) is 1.69. The number of rotatable bonds is 3. The molecule has 2 rings (SSSR count). The Balaban J connectivity index is 2.51. The molecule has 0 aliphatic carbocycles. The fraction of sp³-hybridized carbons (Fsp3) is 0.0714. The smallest absolute Gasteiger partial charge is 0.337 e. The molecule has 4 heteroatoms. The number of esters is 1. The fourth-order valence-electron chi connectivity index (χ4n) is 1.69. The molecule has 0 atom stereocenters. The van der Waals surface area contributed by atoms with Gasteiger partial charge in [-0.3, -0.25) is 9.78 Å². The molecule has 1 aromatic carbocycles. The highest BCUT2D eigenvalue weighted by atomic mass is 16.5. The Morgan fingerprint density at radius 3 is 2.83 bits per heavy atom. The van der Waals surface area contributed by atoms with Crippen LogP contribution in [0, 0.1) is 0 Å². The largest absolute Gasteiger partial charge is 0.465 e. The van der Waals surface area contributed by atoms with Crippen LogP contribution in [-0.4, -0.2) is 24.3 Å². The summed E-state index contributed by atoms with van der Waals surface area (Å²) in [5.74, 6) is -0.409. The molecule has 90 valence electrons. The summed E-state index contributed by atoms with van der Waals surface area (Å²) in [6.07, 6.45) is 2.25. The van der Waals surface area contributed by atoms with Gasteiger partial charge in [0.25, 0.3) is 0 Å². The van der Waals surface area contributed by atoms with Gasteiger partial charge in [-0.2, -0.15) is 0 Å². The number of aldehydes is 1. The summed E-state index contributed by atoms with van der Waals surface area (Å²) in [6, 6.07) is 10.4. The van der Waals surface area contributed by atoms with E-state index in [9.17, 15) is 9.59 Å². The highest BCUT2D eigenvalue weighted by molar-refractivity contribution is 5.92. The molecule has 1 heterocycles. The van der Waals surface area contributed by atoms with Crippen molar-refractivity contribution in [1.29, 1.82) is 0 Å². The Bertz CT molecular complexity index is 593. The van der Waals surface area contributed by atoms with E-state index >= 15 is 0 Å². The standard InChI is InChI=1S/C14H11NO3/c1-18-14(17)11-5-2-4-10(8-11)12-6-3-7-15-13(12)9-16/h2-9H,1H3. The summed E-state index contributed by atoms with van der Waals surface area (Å²) in [4.78, 5) is 26.3. The van der Waals surface area contributed by atoms with Crippen LogP contribution in [0.1, 0.15) is 20.8 Å². The van der Waals surface area contributed by atoms with Crippen LogP contribution in [0.3, 0.4) is 0 Å². The number of aromatic nitrogens is 1. The molecule has 0 bridgehead atoms. The van der Waals surface area contributed by atoms with E-state index in [1.165, 1.54) is 7.11 Å². The molecule has 0 spiro atoms. The number of methoxy groups -OCH3 is 1. The first-order valence-corrected chi connectivity index (χ1v) is 5.35. The number of benzene rings is 1. The summed E-state index contributed by atoms with van der Waals surface area (Å²) in [7, 11) is 1.33. The van der Waals surface area contributed by atoms with Gasteiger partial charge in [-0.05, 0) is 23.8 Å². The van der Waals surface area contributed by atoms with E-state index in [1.54, 1.807) is 36.5 Å². The van der Waals surface area contributed by atoms with Crippen LogP contribution in [0.25, 0.3) is 11.1 Å². The summed E-state index contributed by atoms with van der Waals surface area (Å²) in [5.41, 5.74) is 2.24. The number of carbonyl (C=O) groups excluding carboxylic acids is 2. The molecule has 0 saturated heterocycles. The van der Waals surface area contributed by atoms with Crippen molar-refractivity contribution < 1.29 is 14.3 Å². The molecule has 1 aromatic heterocycles. The molecule has 2 aromatic rings. The molecular weight excluding hydrogens is 230 g/mol. The average molecular weight is 241 g/mol. The SMILES string of the molecule is COC(=O)c1cccc(-c2cccnc2C=O)c1. The number of hydrogen-bond donors (Lipinski definition) is 0. The average Bonchev–Trinajstić information content (AvgIpc) is 2.46. The Hall–Kier alpha value is -2.49. The van der Waals surface area contributed by atoms with E-state index in [0.29, 0.717) is 23.1 Å². The second-order valence-electron chi connectivity index (χ2n) is 3.63. The zero-order chi connectivity index (χ0) is 13.0. The van der Waals surface area contributed by atoms with Crippen LogP contribution in [0.2, 0.25) is 0 Å². The second-order valence-corrected chi connectivity index (χ2v) is 3.63. The van der Waals surface area contributed by atoms with Gasteiger partial charge in [0.1, 0.15) is 5.69 Å². The highest BCUT2D eigenvalue weighted by Crippen LogP contribution is 2.22. The third-order valence-electron chi connectivity index (χ3n) is 2.54. The second kappa shape index (κ2) is 5.23. The molecule has 0 radical (unpaired) electrons. The van der Waals surface area contributed by atoms with Crippen LogP contribution in [0.4, 0.5) is 0 Å². The van der Waals surface area contributed by atoms with Crippen LogP contribution in [0.15, 0.2) is 42.6 Å². The maximum atomic E-state index is 11.4. The van der Waals surface area contributed by atoms with Crippen molar-refractivity contribution in [2.45, 2.75) is 0 Å². The third kappa shape index (κ3) is 2.27. The number of ether oxygens (including phenoxy) is 1. The quantitative estimate of drug-likeness (QED) is 0.611. The minimum atomic E-state index is -0.409. The van der Waals surface area contributed by atoms with E-state index in [-0.39, 0.29) is 0 Å². The molecular formula is C14H11NO3. The molecule has 0 saturated carbocycles. The van der Waals surface area contributed by atoms with Crippen molar-refractivity contribution in [3.8, 4) is 11.1 Å². The van der Waals surface area contributed by atoms with Crippen LogP contribution in [0.5, 0.6) is 0 Å². The van der Waals surface area contributed by atoms with Gasteiger partial charge in [0.05, 0.1) is 12.7 Å². The predicted octanol–water partition coefficient (Wildman–Crippen LogP) is 2.35. The number of pyridine rings is 1. The summed E-state index contributed by atoms with van der Waals surface area (Å²) in [6.45, 7) is 0. The van der Waals surface area contributed by atoms with E-state index in [4.69, 9.17) is 0 Å². The minimum absolute atomic E-state index is 0.347.